The number of halogens is 4. The van der Waals surface area contributed by atoms with Gasteiger partial charge in [-0.25, -0.2) is 0 Å². The maximum atomic E-state index is 11.4. The van der Waals surface area contributed by atoms with Gasteiger partial charge in [-0.05, 0) is 57.5 Å². The lowest BCUT2D eigenvalue weighted by Crippen LogP contribution is -2.28. The van der Waals surface area contributed by atoms with Gasteiger partial charge < -0.3 is 38.6 Å². The first-order valence-electron chi connectivity index (χ1n) is 12.0. The summed E-state index contributed by atoms with van der Waals surface area (Å²) in [5.41, 5.74) is 0. The molecular formula is C24H44Br4O11. The summed E-state index contributed by atoms with van der Waals surface area (Å²) in [5, 5.41) is 16.5. The first-order chi connectivity index (χ1) is 17.9. The van der Waals surface area contributed by atoms with Crippen LogP contribution in [0.15, 0.2) is 0 Å². The van der Waals surface area contributed by atoms with E-state index >= 15 is 0 Å². The molecular weight excluding hydrogens is 784 g/mol. The molecule has 0 saturated carbocycles. The Morgan fingerprint density at radius 1 is 0.513 bits per heavy atom. The maximum absolute atomic E-state index is 11.4. The Morgan fingerprint density at radius 3 is 0.949 bits per heavy atom. The number of hydrogen-bond donors (Lipinski definition) is 2. The standard InChI is InChI=1S/C14H24Br2O6.C6H14O4.C4H6Br2O/c1-13(2,15)11(17)21-9-7-19-5-6-20-8-10-22-12(18)14(3,4)16;7-1-3-9-5-6-10-4-2-8;1-4(2,6)3(5)7/h5-10H2,1-4H3;7-8H,1-6H2;1-2H3. The van der Waals surface area contributed by atoms with Crippen molar-refractivity contribution in [3.05, 3.63) is 0 Å². The zero-order chi connectivity index (χ0) is 31.0. The van der Waals surface area contributed by atoms with Crippen molar-refractivity contribution in [1.29, 1.82) is 0 Å². The Hall–Kier alpha value is 0.290. The van der Waals surface area contributed by atoms with E-state index in [1.807, 2.05) is 0 Å². The maximum Gasteiger partial charge on any atom is 0.322 e. The van der Waals surface area contributed by atoms with Crippen molar-refractivity contribution in [2.45, 2.75) is 54.5 Å². The van der Waals surface area contributed by atoms with Gasteiger partial charge >= 0.3 is 11.9 Å². The number of ether oxygens (including phenoxy) is 6. The Balaban J connectivity index is -0.000000624. The highest BCUT2D eigenvalue weighted by Gasteiger charge is 2.25. The van der Waals surface area contributed by atoms with Crippen LogP contribution in [-0.4, -0.2) is 119 Å². The third-order valence-corrected chi connectivity index (χ3v) is 6.11. The number of carbonyl (C=O) groups excluding carboxylic acids is 3. The van der Waals surface area contributed by atoms with Crippen molar-refractivity contribution in [3.63, 3.8) is 0 Å². The minimum absolute atomic E-state index is 0.0278. The summed E-state index contributed by atoms with van der Waals surface area (Å²) in [6, 6.07) is 0. The second-order valence-electron chi connectivity index (χ2n) is 8.86. The average molecular weight is 828 g/mol. The molecule has 0 unspecified atom stereocenters. The number of aliphatic hydroxyl groups excluding tert-OH is 2. The van der Waals surface area contributed by atoms with Crippen LogP contribution in [0, 0.1) is 0 Å². The molecule has 0 aromatic rings. The van der Waals surface area contributed by atoms with Gasteiger partial charge in [0.1, 0.15) is 21.9 Å². The lowest BCUT2D eigenvalue weighted by Gasteiger charge is -2.15. The van der Waals surface area contributed by atoms with Crippen molar-refractivity contribution >= 4 is 80.4 Å². The van der Waals surface area contributed by atoms with Crippen LogP contribution in [0.25, 0.3) is 0 Å². The zero-order valence-electron chi connectivity index (χ0n) is 23.6. The van der Waals surface area contributed by atoms with Gasteiger partial charge in [-0.3, -0.25) is 14.4 Å². The van der Waals surface area contributed by atoms with Crippen LogP contribution in [0.2, 0.25) is 0 Å². The molecule has 2 N–H and O–H groups in total. The normalized spacial score (nSPS) is 11.5. The SMILES string of the molecule is CC(C)(Br)C(=O)Br.CC(C)(Br)C(=O)OCCOCCOCCOC(=O)C(C)(C)Br.OCCOCCOCCO. The zero-order valence-corrected chi connectivity index (χ0v) is 29.9. The molecule has 0 rings (SSSR count). The molecule has 11 nitrogen and oxygen atoms in total. The van der Waals surface area contributed by atoms with Crippen LogP contribution in [-0.2, 0) is 42.8 Å². The Morgan fingerprint density at radius 2 is 0.744 bits per heavy atom. The molecule has 0 saturated heterocycles. The van der Waals surface area contributed by atoms with Crippen molar-refractivity contribution in [1.82, 2.24) is 0 Å². The van der Waals surface area contributed by atoms with Gasteiger partial charge in [-0.2, -0.15) is 0 Å². The number of carbonyl (C=O) groups is 3. The summed E-state index contributed by atoms with van der Waals surface area (Å²) < 4.78 is 28.4. The lowest BCUT2D eigenvalue weighted by atomic mass is 10.2. The molecule has 0 heterocycles. The second-order valence-corrected chi connectivity index (χ2v) is 15.5. The third kappa shape index (κ3) is 34.4. The molecule has 0 fully saturated rings. The number of aliphatic hydroxyl groups is 2. The Bertz CT molecular complexity index is 589. The van der Waals surface area contributed by atoms with Crippen molar-refractivity contribution in [3.8, 4) is 0 Å². The molecule has 0 atom stereocenters. The van der Waals surface area contributed by atoms with Crippen LogP contribution < -0.4 is 0 Å². The average Bonchev–Trinajstić information content (AvgIpc) is 2.81. The molecule has 234 valence electrons. The first kappa shape index (κ1) is 43.7. The Labute approximate surface area is 265 Å². The summed E-state index contributed by atoms with van der Waals surface area (Å²) >= 11 is 12.4. The second kappa shape index (κ2) is 26.0. The lowest BCUT2D eigenvalue weighted by molar-refractivity contribution is -0.148. The van der Waals surface area contributed by atoms with E-state index in [1.165, 1.54) is 0 Å². The number of hydrogen-bond acceptors (Lipinski definition) is 11. The molecule has 0 radical (unpaired) electrons. The molecule has 15 heteroatoms. The molecule has 0 aromatic heterocycles. The Kier molecular flexibility index (Phi) is 29.1. The van der Waals surface area contributed by atoms with Crippen molar-refractivity contribution in [2.75, 3.05) is 79.3 Å². The van der Waals surface area contributed by atoms with E-state index in [0.717, 1.165) is 0 Å². The summed E-state index contributed by atoms with van der Waals surface area (Å²) in [4.78, 5) is 33.1. The predicted molar refractivity (Wildman–Crippen MR) is 162 cm³/mol. The summed E-state index contributed by atoms with van der Waals surface area (Å²) in [7, 11) is 0. The largest absolute Gasteiger partial charge is 0.462 e. The van der Waals surface area contributed by atoms with E-state index in [2.05, 4.69) is 63.7 Å². The van der Waals surface area contributed by atoms with Gasteiger partial charge in [0.05, 0.1) is 70.4 Å². The highest BCUT2D eigenvalue weighted by Crippen LogP contribution is 2.19. The van der Waals surface area contributed by atoms with Gasteiger partial charge in [0.25, 0.3) is 0 Å². The first-order valence-corrected chi connectivity index (χ1v) is 15.2. The van der Waals surface area contributed by atoms with Crippen molar-refractivity contribution < 1.29 is 53.0 Å². The molecule has 39 heavy (non-hydrogen) atoms. The van der Waals surface area contributed by atoms with Gasteiger partial charge in [-0.1, -0.05) is 47.8 Å². The van der Waals surface area contributed by atoms with Crippen LogP contribution in [0.3, 0.4) is 0 Å². The van der Waals surface area contributed by atoms with E-state index in [1.54, 1.807) is 41.5 Å². The highest BCUT2D eigenvalue weighted by molar-refractivity contribution is 9.20. The monoisotopic (exact) mass is 824 g/mol. The molecule has 0 amide bonds. The molecule has 0 bridgehead atoms. The fourth-order valence-corrected chi connectivity index (χ4v) is 1.73. The minimum atomic E-state index is -0.683. The van der Waals surface area contributed by atoms with E-state index in [-0.39, 0.29) is 43.1 Å². The summed E-state index contributed by atoms with van der Waals surface area (Å²) in [6.07, 6.45) is 0. The van der Waals surface area contributed by atoms with Gasteiger partial charge in [0.2, 0.25) is 4.69 Å². The van der Waals surface area contributed by atoms with Crippen LogP contribution in [0.1, 0.15) is 41.5 Å². The van der Waals surface area contributed by atoms with Gasteiger partial charge in [0.15, 0.2) is 0 Å². The highest BCUT2D eigenvalue weighted by atomic mass is 79.9. The smallest absolute Gasteiger partial charge is 0.322 e. The van der Waals surface area contributed by atoms with Crippen LogP contribution in [0.5, 0.6) is 0 Å². The molecule has 0 aliphatic rings. The molecule has 0 aliphatic carbocycles. The third-order valence-electron chi connectivity index (χ3n) is 3.58. The van der Waals surface area contributed by atoms with E-state index in [9.17, 15) is 14.4 Å². The van der Waals surface area contributed by atoms with E-state index < -0.39 is 13.0 Å². The summed E-state index contributed by atoms with van der Waals surface area (Å²) in [5.74, 6) is -0.659. The predicted octanol–water partition coefficient (Wildman–Crippen LogP) is 3.54. The molecule has 0 spiro atoms. The van der Waals surface area contributed by atoms with E-state index in [0.29, 0.717) is 52.9 Å². The number of esters is 2. The topological polar surface area (TPSA) is 147 Å². The van der Waals surface area contributed by atoms with Crippen LogP contribution >= 0.6 is 63.7 Å². The van der Waals surface area contributed by atoms with E-state index in [4.69, 9.17) is 38.6 Å². The number of rotatable bonds is 19. The number of alkyl halides is 3. The fourth-order valence-electron chi connectivity index (χ4n) is 1.50. The molecule has 0 aliphatic heterocycles. The van der Waals surface area contributed by atoms with Gasteiger partial charge in [0, 0.05) is 0 Å². The fraction of sp³-hybridized carbons (Fsp3) is 0.875. The van der Waals surface area contributed by atoms with Gasteiger partial charge in [-0.15, -0.1) is 0 Å². The molecule has 0 aromatic carbocycles. The van der Waals surface area contributed by atoms with Crippen molar-refractivity contribution in [2.24, 2.45) is 0 Å². The minimum Gasteiger partial charge on any atom is -0.462 e. The quantitative estimate of drug-likeness (QED) is 0.0854. The van der Waals surface area contributed by atoms with Crippen LogP contribution in [0.4, 0.5) is 0 Å². The summed E-state index contributed by atoms with van der Waals surface area (Å²) in [6.45, 7) is 13.9.